The fourth-order valence-corrected chi connectivity index (χ4v) is 2.26. The van der Waals surface area contributed by atoms with Crippen LogP contribution in [0.3, 0.4) is 0 Å². The fourth-order valence-electron chi connectivity index (χ4n) is 2.09. The van der Waals surface area contributed by atoms with Gasteiger partial charge >= 0.3 is 0 Å². The van der Waals surface area contributed by atoms with Gasteiger partial charge in [0, 0.05) is 28.3 Å². The number of non-ortho nitro benzene ring substituents is 1. The number of rotatable bonds is 4. The second-order valence-electron chi connectivity index (χ2n) is 6.49. The smallest absolute Gasteiger partial charge is 0.267 e. The van der Waals surface area contributed by atoms with Crippen molar-refractivity contribution < 1.29 is 9.72 Å². The fraction of sp³-hybridized carbons (Fsp3) is 0.222. The van der Waals surface area contributed by atoms with E-state index >= 15 is 0 Å². The van der Waals surface area contributed by atoms with E-state index in [0.717, 1.165) is 5.56 Å². The van der Waals surface area contributed by atoms with Crippen molar-refractivity contribution in [2.45, 2.75) is 26.2 Å². The normalized spacial score (nSPS) is 11.5. The number of hydrogen-bond acceptors (Lipinski definition) is 4. The molecule has 1 N–H and O–H groups in total. The molecule has 0 radical (unpaired) electrons. The number of nitrogens with one attached hydrogen (secondary N) is 1. The molecule has 25 heavy (non-hydrogen) atoms. The van der Waals surface area contributed by atoms with Crippen LogP contribution in [0.4, 0.5) is 5.69 Å². The van der Waals surface area contributed by atoms with Crippen LogP contribution in [0.1, 0.15) is 42.3 Å². The number of hydrogen-bond donors (Lipinski definition) is 1. The Labute approximate surface area is 150 Å². The third-order valence-corrected chi connectivity index (χ3v) is 3.92. The van der Waals surface area contributed by atoms with Crippen molar-refractivity contribution in [2.75, 3.05) is 0 Å². The zero-order chi connectivity index (χ0) is 18.6. The van der Waals surface area contributed by atoms with E-state index in [9.17, 15) is 14.9 Å². The Hall–Kier alpha value is -2.73. The molecule has 0 saturated carbocycles. The first-order chi connectivity index (χ1) is 11.7. The Morgan fingerprint density at radius 2 is 1.84 bits per heavy atom. The molecule has 130 valence electrons. The molecule has 0 aromatic heterocycles. The van der Waals surface area contributed by atoms with Crippen LogP contribution in [0.25, 0.3) is 0 Å². The first kappa shape index (κ1) is 18.6. The Bertz CT molecular complexity index is 824. The van der Waals surface area contributed by atoms with Crippen LogP contribution in [-0.2, 0) is 5.41 Å². The van der Waals surface area contributed by atoms with E-state index in [-0.39, 0.29) is 17.0 Å². The number of nitro groups is 1. The Kier molecular flexibility index (Phi) is 5.54. The van der Waals surface area contributed by atoms with Gasteiger partial charge in [0.05, 0.1) is 11.1 Å². The lowest BCUT2D eigenvalue weighted by atomic mass is 9.87. The van der Waals surface area contributed by atoms with E-state index < -0.39 is 4.92 Å². The number of halogens is 1. The summed E-state index contributed by atoms with van der Waals surface area (Å²) >= 11 is 5.97. The van der Waals surface area contributed by atoms with Crippen LogP contribution in [0.15, 0.2) is 47.6 Å². The monoisotopic (exact) mass is 359 g/mol. The zero-order valence-electron chi connectivity index (χ0n) is 14.1. The molecule has 2 aromatic carbocycles. The summed E-state index contributed by atoms with van der Waals surface area (Å²) < 4.78 is 0. The number of benzene rings is 2. The number of nitro benzene ring substituents is 1. The highest BCUT2D eigenvalue weighted by molar-refractivity contribution is 6.33. The summed E-state index contributed by atoms with van der Waals surface area (Å²) in [5, 5.41) is 14.9. The summed E-state index contributed by atoms with van der Waals surface area (Å²) in [4.78, 5) is 22.3. The molecule has 7 heteroatoms. The molecule has 0 unspecified atom stereocenters. The van der Waals surface area contributed by atoms with Crippen molar-refractivity contribution in [3.8, 4) is 0 Å². The van der Waals surface area contributed by atoms with Crippen molar-refractivity contribution in [3.05, 3.63) is 74.3 Å². The number of hydrazone groups is 1. The van der Waals surface area contributed by atoms with Crippen molar-refractivity contribution >= 4 is 29.4 Å². The molecule has 0 bridgehead atoms. The summed E-state index contributed by atoms with van der Waals surface area (Å²) in [6.07, 6.45) is 1.27. The summed E-state index contributed by atoms with van der Waals surface area (Å²) in [6, 6.07) is 11.3. The Morgan fingerprint density at radius 3 is 2.40 bits per heavy atom. The zero-order valence-corrected chi connectivity index (χ0v) is 14.9. The SMILES string of the molecule is CC(C)(C)c1ccc(C(=O)NN=Cc2cc([N+](=O)[O-])ccc2Cl)cc1. The van der Waals surface area contributed by atoms with Gasteiger partial charge < -0.3 is 0 Å². The molecule has 0 saturated heterocycles. The number of amides is 1. The first-order valence-corrected chi connectivity index (χ1v) is 7.94. The maximum absolute atomic E-state index is 12.1. The molecular formula is C18H18ClN3O3. The number of carbonyl (C=O) groups excluding carboxylic acids is 1. The van der Waals surface area contributed by atoms with Gasteiger partial charge in [-0.1, -0.05) is 44.5 Å². The summed E-state index contributed by atoms with van der Waals surface area (Å²) in [6.45, 7) is 6.28. The highest BCUT2D eigenvalue weighted by atomic mass is 35.5. The van der Waals surface area contributed by atoms with E-state index in [1.807, 2.05) is 12.1 Å². The summed E-state index contributed by atoms with van der Waals surface area (Å²) in [5.74, 6) is -0.377. The highest BCUT2D eigenvalue weighted by Crippen LogP contribution is 2.22. The molecule has 1 amide bonds. The van der Waals surface area contributed by atoms with Gasteiger partial charge in [-0.3, -0.25) is 14.9 Å². The predicted molar refractivity (Wildman–Crippen MR) is 98.3 cm³/mol. The average molecular weight is 360 g/mol. The molecule has 2 aromatic rings. The van der Waals surface area contributed by atoms with Crippen molar-refractivity contribution in [1.82, 2.24) is 5.43 Å². The van der Waals surface area contributed by atoms with Gasteiger partial charge in [0.15, 0.2) is 0 Å². The third kappa shape index (κ3) is 4.87. The molecule has 0 aliphatic carbocycles. The molecular weight excluding hydrogens is 342 g/mol. The lowest BCUT2D eigenvalue weighted by Crippen LogP contribution is -2.18. The van der Waals surface area contributed by atoms with Gasteiger partial charge in [-0.15, -0.1) is 0 Å². The molecule has 0 heterocycles. The van der Waals surface area contributed by atoms with Crippen LogP contribution in [0, 0.1) is 10.1 Å². The Balaban J connectivity index is 2.08. The first-order valence-electron chi connectivity index (χ1n) is 7.56. The largest absolute Gasteiger partial charge is 0.271 e. The lowest BCUT2D eigenvalue weighted by molar-refractivity contribution is -0.384. The molecule has 0 atom stereocenters. The minimum absolute atomic E-state index is 0.00589. The predicted octanol–water partition coefficient (Wildman–Crippen LogP) is 4.31. The van der Waals surface area contributed by atoms with Crippen LogP contribution in [-0.4, -0.2) is 17.0 Å². The standard InChI is InChI=1S/C18H18ClN3O3/c1-18(2,3)14-6-4-12(5-7-14)17(23)21-20-11-13-10-15(22(24)25)8-9-16(13)19/h4-11H,1-3H3,(H,21,23). The van der Waals surface area contributed by atoms with Crippen LogP contribution in [0.2, 0.25) is 5.02 Å². The van der Waals surface area contributed by atoms with Crippen LogP contribution in [0.5, 0.6) is 0 Å². The van der Waals surface area contributed by atoms with Crippen LogP contribution < -0.4 is 5.43 Å². The molecule has 2 rings (SSSR count). The second-order valence-corrected chi connectivity index (χ2v) is 6.90. The average Bonchev–Trinajstić information content (AvgIpc) is 2.55. The lowest BCUT2D eigenvalue weighted by Gasteiger charge is -2.18. The van der Waals surface area contributed by atoms with E-state index in [0.29, 0.717) is 16.1 Å². The van der Waals surface area contributed by atoms with Gasteiger partial charge in [-0.25, -0.2) is 5.43 Å². The second kappa shape index (κ2) is 7.44. The minimum atomic E-state index is -0.525. The van der Waals surface area contributed by atoms with Gasteiger partial charge in [-0.05, 0) is 29.2 Å². The minimum Gasteiger partial charge on any atom is -0.267 e. The Morgan fingerprint density at radius 1 is 1.20 bits per heavy atom. The van der Waals surface area contributed by atoms with Crippen molar-refractivity contribution in [2.24, 2.45) is 5.10 Å². The molecule has 0 aliphatic heterocycles. The summed E-state index contributed by atoms with van der Waals surface area (Å²) in [5.41, 5.74) is 4.22. The van der Waals surface area contributed by atoms with Gasteiger partial charge in [0.25, 0.3) is 11.6 Å². The van der Waals surface area contributed by atoms with Gasteiger partial charge in [0.2, 0.25) is 0 Å². The van der Waals surface area contributed by atoms with Crippen molar-refractivity contribution in [3.63, 3.8) is 0 Å². The highest BCUT2D eigenvalue weighted by Gasteiger charge is 2.14. The van der Waals surface area contributed by atoms with Crippen molar-refractivity contribution in [1.29, 1.82) is 0 Å². The van der Waals surface area contributed by atoms with Gasteiger partial charge in [-0.2, -0.15) is 5.10 Å². The van der Waals surface area contributed by atoms with E-state index in [2.05, 4.69) is 31.3 Å². The number of nitrogens with zero attached hydrogens (tertiary/aromatic N) is 2. The molecule has 0 spiro atoms. The third-order valence-electron chi connectivity index (χ3n) is 3.57. The quantitative estimate of drug-likeness (QED) is 0.501. The number of carbonyl (C=O) groups is 1. The van der Waals surface area contributed by atoms with E-state index in [1.165, 1.54) is 24.4 Å². The van der Waals surface area contributed by atoms with Gasteiger partial charge in [0.1, 0.15) is 0 Å². The summed E-state index contributed by atoms with van der Waals surface area (Å²) in [7, 11) is 0. The molecule has 0 fully saturated rings. The van der Waals surface area contributed by atoms with E-state index in [1.54, 1.807) is 12.1 Å². The topological polar surface area (TPSA) is 84.6 Å². The van der Waals surface area contributed by atoms with E-state index in [4.69, 9.17) is 11.6 Å². The molecule has 0 aliphatic rings. The molecule has 6 nitrogen and oxygen atoms in total. The maximum atomic E-state index is 12.1. The maximum Gasteiger partial charge on any atom is 0.271 e. The van der Waals surface area contributed by atoms with Crippen LogP contribution >= 0.6 is 11.6 Å².